The molecule has 0 aromatic carbocycles. The quantitative estimate of drug-likeness (QED) is 0.600. The Hall–Kier alpha value is -0.490. The van der Waals surface area contributed by atoms with Gasteiger partial charge in [-0.1, -0.05) is 27.2 Å². The highest BCUT2D eigenvalue weighted by Crippen LogP contribution is 2.65. The lowest BCUT2D eigenvalue weighted by Crippen LogP contribution is -2.59. The van der Waals surface area contributed by atoms with Crippen molar-refractivity contribution in [2.45, 2.75) is 84.7 Å². The van der Waals surface area contributed by atoms with E-state index in [2.05, 4.69) is 25.7 Å². The zero-order valence-corrected chi connectivity index (χ0v) is 21.9. The Labute approximate surface area is 202 Å². The summed E-state index contributed by atoms with van der Waals surface area (Å²) in [5.41, 5.74) is -0.251. The number of hydrogen-bond acceptors (Lipinski definition) is 5. The molecule has 1 N–H and O–H groups in total. The Kier molecular flexibility index (Phi) is 7.66. The molecule has 1 heterocycles. The highest BCUT2D eigenvalue weighted by Gasteiger charge is 2.60. The molecule has 0 aromatic rings. The van der Waals surface area contributed by atoms with Gasteiger partial charge >= 0.3 is 0 Å². The highest BCUT2D eigenvalue weighted by atomic mass is 16.5. The number of carbonyl (C=O) groups excluding carboxylic acids is 1. The molecule has 8 atom stereocenters. The van der Waals surface area contributed by atoms with Crippen molar-refractivity contribution in [3.05, 3.63) is 0 Å². The molecule has 5 heteroatoms. The van der Waals surface area contributed by atoms with Gasteiger partial charge in [0.2, 0.25) is 0 Å². The summed E-state index contributed by atoms with van der Waals surface area (Å²) in [5, 5.41) is 10.9. The Balaban J connectivity index is 1.54. The smallest absolute Gasteiger partial charge is 0.150 e. The second kappa shape index (κ2) is 9.87. The predicted molar refractivity (Wildman–Crippen MR) is 131 cm³/mol. The van der Waals surface area contributed by atoms with Crippen molar-refractivity contribution in [1.29, 1.82) is 0 Å². The van der Waals surface area contributed by atoms with Gasteiger partial charge in [0.15, 0.2) is 0 Å². The molecule has 3 saturated carbocycles. The Morgan fingerprint density at radius 2 is 1.88 bits per heavy atom. The Morgan fingerprint density at radius 3 is 2.55 bits per heavy atom. The van der Waals surface area contributed by atoms with Crippen LogP contribution in [-0.2, 0) is 14.3 Å². The summed E-state index contributed by atoms with van der Waals surface area (Å²) >= 11 is 0. The molecule has 0 radical (unpaired) electrons. The lowest BCUT2D eigenvalue weighted by Gasteiger charge is -2.63. The number of nitrogens with zero attached hydrogens (tertiary/aromatic N) is 1. The first-order valence-corrected chi connectivity index (χ1v) is 13.7. The molecule has 3 aliphatic carbocycles. The van der Waals surface area contributed by atoms with Crippen molar-refractivity contribution in [2.24, 2.45) is 40.4 Å². The highest BCUT2D eigenvalue weighted by molar-refractivity contribution is 5.83. The van der Waals surface area contributed by atoms with Gasteiger partial charge in [-0.05, 0) is 86.4 Å². The molecule has 4 fully saturated rings. The van der Waals surface area contributed by atoms with Crippen LogP contribution in [0.4, 0.5) is 0 Å². The lowest BCUT2D eigenvalue weighted by molar-refractivity contribution is -0.182. The van der Waals surface area contributed by atoms with Crippen molar-refractivity contribution in [3.63, 3.8) is 0 Å². The summed E-state index contributed by atoms with van der Waals surface area (Å²) in [6, 6.07) is 0. The van der Waals surface area contributed by atoms with Gasteiger partial charge in [0.1, 0.15) is 5.78 Å². The number of rotatable bonds is 7. The summed E-state index contributed by atoms with van der Waals surface area (Å²) in [5.74, 6) is 2.98. The molecule has 0 spiro atoms. The summed E-state index contributed by atoms with van der Waals surface area (Å²) < 4.78 is 11.4. The third-order valence-corrected chi connectivity index (χ3v) is 10.9. The van der Waals surface area contributed by atoms with E-state index >= 15 is 0 Å². The number of fused-ring (bicyclic) bond motifs is 3. The van der Waals surface area contributed by atoms with E-state index in [0.717, 1.165) is 65.0 Å². The van der Waals surface area contributed by atoms with Gasteiger partial charge in [0.25, 0.3) is 0 Å². The van der Waals surface area contributed by atoms with Crippen LogP contribution in [0, 0.1) is 40.4 Å². The van der Waals surface area contributed by atoms with Crippen molar-refractivity contribution in [3.8, 4) is 0 Å². The molecule has 1 saturated heterocycles. The number of Topliss-reactive ketones (excluding diaryl/α,β-unsaturated/α-hetero) is 1. The van der Waals surface area contributed by atoms with Gasteiger partial charge in [-0.25, -0.2) is 0 Å². The molecular formula is C28H49NO4. The minimum absolute atomic E-state index is 0.0700. The Bertz CT molecular complexity index is 689. The van der Waals surface area contributed by atoms with Crippen LogP contribution < -0.4 is 0 Å². The molecule has 1 aliphatic heterocycles. The summed E-state index contributed by atoms with van der Waals surface area (Å²) in [6.07, 6.45) is 8.82. The first-order valence-electron chi connectivity index (χ1n) is 13.7. The summed E-state index contributed by atoms with van der Waals surface area (Å²) in [7, 11) is 1.86. The van der Waals surface area contributed by atoms with E-state index in [4.69, 9.17) is 9.47 Å². The Morgan fingerprint density at radius 1 is 1.15 bits per heavy atom. The van der Waals surface area contributed by atoms with Gasteiger partial charge < -0.3 is 14.6 Å². The number of ketones is 1. The van der Waals surface area contributed by atoms with E-state index in [9.17, 15) is 9.90 Å². The van der Waals surface area contributed by atoms with E-state index in [0.29, 0.717) is 36.0 Å². The fourth-order valence-corrected chi connectivity index (χ4v) is 8.92. The van der Waals surface area contributed by atoms with Crippen LogP contribution in [0.1, 0.15) is 79.1 Å². The maximum atomic E-state index is 13.5. The summed E-state index contributed by atoms with van der Waals surface area (Å²) in [4.78, 5) is 15.8. The van der Waals surface area contributed by atoms with Crippen LogP contribution in [0.2, 0.25) is 0 Å². The van der Waals surface area contributed by atoms with E-state index in [1.165, 1.54) is 19.3 Å². The average molecular weight is 464 g/mol. The van der Waals surface area contributed by atoms with Crippen LogP contribution in [0.3, 0.4) is 0 Å². The predicted octanol–water partition coefficient (Wildman–Crippen LogP) is 4.56. The van der Waals surface area contributed by atoms with E-state index in [1.807, 2.05) is 14.0 Å². The van der Waals surface area contributed by atoms with Gasteiger partial charge in [-0.3, -0.25) is 9.69 Å². The van der Waals surface area contributed by atoms with Gasteiger partial charge in [0.05, 0.1) is 32.0 Å². The second-order valence-corrected chi connectivity index (χ2v) is 12.5. The molecule has 4 aliphatic rings. The van der Waals surface area contributed by atoms with Gasteiger partial charge in [-0.15, -0.1) is 0 Å². The number of aliphatic hydroxyl groups is 1. The zero-order chi connectivity index (χ0) is 23.9. The fraction of sp³-hybridized carbons (Fsp3) is 0.964. The molecule has 4 rings (SSSR count). The van der Waals surface area contributed by atoms with Gasteiger partial charge in [0, 0.05) is 26.1 Å². The lowest BCUT2D eigenvalue weighted by atomic mass is 9.42. The van der Waals surface area contributed by atoms with Crippen molar-refractivity contribution in [1.82, 2.24) is 4.90 Å². The van der Waals surface area contributed by atoms with E-state index in [1.54, 1.807) is 0 Å². The fourth-order valence-electron chi connectivity index (χ4n) is 8.92. The molecule has 0 unspecified atom stereocenters. The largest absolute Gasteiger partial charge is 0.390 e. The molecular weight excluding hydrogens is 414 g/mol. The third kappa shape index (κ3) is 4.69. The molecule has 0 bridgehead atoms. The normalized spacial score (nSPS) is 45.2. The van der Waals surface area contributed by atoms with Gasteiger partial charge in [-0.2, -0.15) is 0 Å². The van der Waals surface area contributed by atoms with Crippen LogP contribution in [-0.4, -0.2) is 68.0 Å². The number of hydrogen-bond donors (Lipinski definition) is 1. The van der Waals surface area contributed by atoms with Crippen LogP contribution >= 0.6 is 0 Å². The molecule has 0 amide bonds. The van der Waals surface area contributed by atoms with Crippen molar-refractivity contribution in [2.75, 3.05) is 46.6 Å². The van der Waals surface area contributed by atoms with Crippen LogP contribution in [0.15, 0.2) is 0 Å². The minimum atomic E-state index is -0.525. The summed E-state index contributed by atoms with van der Waals surface area (Å²) in [6.45, 7) is 13.7. The maximum Gasteiger partial charge on any atom is 0.150 e. The molecule has 0 aromatic heterocycles. The number of ether oxygens (including phenoxy) is 2. The SMILES string of the molecule is CC[C@H]1[C@@H]2CC[C@H]3C[C@](C)(O)CC[C@]3(COC)[C@H]2CC[C@]1(C)[C@H](C)C(=O)CN1CCOCC1. The number of morpholine rings is 1. The minimum Gasteiger partial charge on any atom is -0.390 e. The molecule has 190 valence electrons. The number of carbonyl (C=O) groups is 1. The standard InChI is InChI=1S/C28H49NO4/c1-6-23-22-8-7-21-17-26(3,31)11-12-28(21,19-32-5)24(22)9-10-27(23,4)20(2)25(30)18-29-13-15-33-16-14-29/h20-24,31H,6-19H2,1-5H3/t20-,21+,22+,23+,24+,26-,27-,28-/m1/s1. The average Bonchev–Trinajstić information content (AvgIpc) is 2.79. The van der Waals surface area contributed by atoms with Crippen LogP contribution in [0.5, 0.6) is 0 Å². The van der Waals surface area contributed by atoms with E-state index < -0.39 is 5.60 Å². The molecule has 5 nitrogen and oxygen atoms in total. The molecule has 33 heavy (non-hydrogen) atoms. The van der Waals surface area contributed by atoms with Crippen LogP contribution in [0.25, 0.3) is 0 Å². The first kappa shape index (κ1) is 25.6. The third-order valence-electron chi connectivity index (χ3n) is 10.9. The first-order chi connectivity index (χ1) is 15.7. The number of methoxy groups -OCH3 is 1. The topological polar surface area (TPSA) is 59.0 Å². The monoisotopic (exact) mass is 463 g/mol. The van der Waals surface area contributed by atoms with E-state index in [-0.39, 0.29) is 16.7 Å². The zero-order valence-electron chi connectivity index (χ0n) is 21.9. The van der Waals surface area contributed by atoms with Crippen molar-refractivity contribution < 1.29 is 19.4 Å². The van der Waals surface area contributed by atoms with Crippen molar-refractivity contribution >= 4 is 5.78 Å². The second-order valence-electron chi connectivity index (χ2n) is 12.5. The maximum absolute atomic E-state index is 13.5.